The van der Waals surface area contributed by atoms with Crippen LogP contribution in [0.2, 0.25) is 0 Å². The maximum Gasteiger partial charge on any atom is 0.360 e. The van der Waals surface area contributed by atoms with Gasteiger partial charge in [-0.1, -0.05) is 51.1 Å². The molecule has 1 atom stereocenters. The molecular weight excluding hydrogens is 428 g/mol. The van der Waals surface area contributed by atoms with E-state index in [0.29, 0.717) is 18.4 Å². The molecule has 0 aliphatic carbocycles. The summed E-state index contributed by atoms with van der Waals surface area (Å²) < 4.78 is 16.1. The first-order chi connectivity index (χ1) is 16.4. The smallest absolute Gasteiger partial charge is 0.360 e. The molecule has 0 saturated heterocycles. The summed E-state index contributed by atoms with van der Waals surface area (Å²) >= 11 is 0. The van der Waals surface area contributed by atoms with Crippen molar-refractivity contribution in [3.05, 3.63) is 102 Å². The van der Waals surface area contributed by atoms with Gasteiger partial charge in [0, 0.05) is 17.2 Å². The number of methoxy groups -OCH3 is 1. The van der Waals surface area contributed by atoms with Crippen LogP contribution in [-0.2, 0) is 16.8 Å². The minimum Gasteiger partial charge on any atom is -0.487 e. The monoisotopic (exact) mass is 456 g/mol. The first-order valence-electron chi connectivity index (χ1n) is 11.2. The van der Waals surface area contributed by atoms with E-state index in [9.17, 15) is 4.79 Å². The highest BCUT2D eigenvalue weighted by atomic mass is 16.5. The minimum absolute atomic E-state index is 0.152. The quantitative estimate of drug-likeness (QED) is 0.300. The molecule has 6 heteroatoms. The van der Waals surface area contributed by atoms with Crippen LogP contribution in [0.4, 0.5) is 0 Å². The van der Waals surface area contributed by atoms with Crippen LogP contribution in [0.3, 0.4) is 0 Å². The van der Waals surface area contributed by atoms with Gasteiger partial charge in [0.05, 0.1) is 12.8 Å². The summed E-state index contributed by atoms with van der Waals surface area (Å²) in [4.78, 5) is 20.2. The van der Waals surface area contributed by atoms with E-state index in [1.54, 1.807) is 6.20 Å². The summed E-state index contributed by atoms with van der Waals surface area (Å²) in [5.74, 6) is 1.01. The second-order valence-corrected chi connectivity index (χ2v) is 8.60. The number of nitrogens with zero attached hydrogens (tertiary/aromatic N) is 2. The minimum atomic E-state index is -0.522. The fraction of sp³-hybridized carbons (Fsp3) is 0.250. The van der Waals surface area contributed by atoms with E-state index < -0.39 is 5.97 Å². The van der Waals surface area contributed by atoms with E-state index in [-0.39, 0.29) is 11.1 Å². The van der Waals surface area contributed by atoms with Gasteiger partial charge in [0.1, 0.15) is 18.6 Å². The average molecular weight is 457 g/mol. The molecular formula is C28H28N2O4. The SMILES string of the molecule is COC(=O)c1coc(-c2ccc(C(C)(c3ccc(OCc4ccccn4)cc3)C(C)C)cc2)n1. The number of esters is 1. The van der Waals surface area contributed by atoms with Crippen molar-refractivity contribution in [3.8, 4) is 17.2 Å². The topological polar surface area (TPSA) is 74.5 Å². The second-order valence-electron chi connectivity index (χ2n) is 8.60. The number of ether oxygens (including phenoxy) is 2. The zero-order valence-electron chi connectivity index (χ0n) is 19.8. The summed E-state index contributed by atoms with van der Waals surface area (Å²) in [7, 11) is 1.32. The third-order valence-corrected chi connectivity index (χ3v) is 6.35. The zero-order chi connectivity index (χ0) is 24.1. The molecule has 0 aliphatic rings. The van der Waals surface area contributed by atoms with Gasteiger partial charge in [-0.2, -0.15) is 0 Å². The van der Waals surface area contributed by atoms with Crippen LogP contribution in [0.5, 0.6) is 5.75 Å². The summed E-state index contributed by atoms with van der Waals surface area (Å²) in [6, 6.07) is 22.2. The molecule has 0 amide bonds. The van der Waals surface area contributed by atoms with E-state index in [4.69, 9.17) is 13.9 Å². The Labute approximate surface area is 199 Å². The molecule has 0 saturated carbocycles. The van der Waals surface area contributed by atoms with Crippen LogP contribution in [0.1, 0.15) is 48.1 Å². The summed E-state index contributed by atoms with van der Waals surface area (Å²) in [5, 5.41) is 0. The van der Waals surface area contributed by atoms with Gasteiger partial charge in [-0.25, -0.2) is 9.78 Å². The zero-order valence-corrected chi connectivity index (χ0v) is 19.8. The predicted molar refractivity (Wildman–Crippen MR) is 130 cm³/mol. The molecule has 0 fully saturated rings. The Morgan fingerprint density at radius 1 is 1.00 bits per heavy atom. The number of benzene rings is 2. The number of aromatic nitrogens is 2. The number of carbonyl (C=O) groups is 1. The molecule has 0 aliphatic heterocycles. The van der Waals surface area contributed by atoms with E-state index in [0.717, 1.165) is 17.0 Å². The molecule has 0 bridgehead atoms. The fourth-order valence-corrected chi connectivity index (χ4v) is 3.94. The highest BCUT2D eigenvalue weighted by Gasteiger charge is 2.32. The molecule has 174 valence electrons. The molecule has 4 aromatic rings. The van der Waals surface area contributed by atoms with Gasteiger partial charge in [0.25, 0.3) is 0 Å². The normalized spacial score (nSPS) is 12.9. The summed E-state index contributed by atoms with van der Waals surface area (Å²) in [6.07, 6.45) is 3.08. The van der Waals surface area contributed by atoms with E-state index in [1.165, 1.54) is 24.5 Å². The number of hydrogen-bond donors (Lipinski definition) is 0. The van der Waals surface area contributed by atoms with Gasteiger partial charge < -0.3 is 13.9 Å². The molecule has 2 aromatic carbocycles. The van der Waals surface area contributed by atoms with Crippen LogP contribution in [-0.4, -0.2) is 23.0 Å². The molecule has 4 rings (SSSR count). The number of pyridine rings is 1. The number of oxazole rings is 1. The van der Waals surface area contributed by atoms with Gasteiger partial charge in [0.15, 0.2) is 5.69 Å². The average Bonchev–Trinajstić information content (AvgIpc) is 3.38. The van der Waals surface area contributed by atoms with Crippen molar-refractivity contribution in [2.45, 2.75) is 32.8 Å². The summed E-state index contributed by atoms with van der Waals surface area (Å²) in [6.45, 7) is 7.12. The lowest BCUT2D eigenvalue weighted by molar-refractivity contribution is 0.0594. The van der Waals surface area contributed by atoms with Gasteiger partial charge in [-0.05, 0) is 53.4 Å². The van der Waals surface area contributed by atoms with Crippen molar-refractivity contribution in [2.24, 2.45) is 5.92 Å². The first-order valence-corrected chi connectivity index (χ1v) is 11.2. The number of carbonyl (C=O) groups excluding carboxylic acids is 1. The van der Waals surface area contributed by atoms with Crippen molar-refractivity contribution >= 4 is 5.97 Å². The maximum absolute atomic E-state index is 11.7. The predicted octanol–water partition coefficient (Wildman–Crippen LogP) is 6.06. The standard InChI is InChI=1S/C28H28N2O4/c1-19(2)28(3,22-12-14-24(15-13-22)33-17-23-7-5-6-16-29-23)21-10-8-20(9-11-21)26-30-25(18-34-26)27(31)32-4/h5-16,18-19H,17H2,1-4H3. The third kappa shape index (κ3) is 4.71. The lowest BCUT2D eigenvalue weighted by atomic mass is 9.68. The second kappa shape index (κ2) is 9.91. The van der Waals surface area contributed by atoms with Crippen LogP contribution in [0, 0.1) is 5.92 Å². The van der Waals surface area contributed by atoms with Crippen molar-refractivity contribution in [3.63, 3.8) is 0 Å². The van der Waals surface area contributed by atoms with Gasteiger partial charge in [-0.3, -0.25) is 4.98 Å². The Kier molecular flexibility index (Phi) is 6.77. The van der Waals surface area contributed by atoms with Gasteiger partial charge in [0.2, 0.25) is 5.89 Å². The van der Waals surface area contributed by atoms with Crippen molar-refractivity contribution in [1.29, 1.82) is 0 Å². The summed E-state index contributed by atoms with van der Waals surface area (Å²) in [5.41, 5.74) is 3.99. The van der Waals surface area contributed by atoms with Crippen molar-refractivity contribution in [2.75, 3.05) is 7.11 Å². The van der Waals surface area contributed by atoms with Crippen LogP contribution in [0.25, 0.3) is 11.5 Å². The van der Waals surface area contributed by atoms with Crippen molar-refractivity contribution in [1.82, 2.24) is 9.97 Å². The maximum atomic E-state index is 11.7. The Balaban J connectivity index is 1.54. The van der Waals surface area contributed by atoms with E-state index in [1.807, 2.05) is 42.5 Å². The first kappa shape index (κ1) is 23.2. The van der Waals surface area contributed by atoms with E-state index in [2.05, 4.69) is 55.0 Å². The number of hydrogen-bond acceptors (Lipinski definition) is 6. The Morgan fingerprint density at radius 3 is 2.26 bits per heavy atom. The molecule has 0 radical (unpaired) electrons. The lowest BCUT2D eigenvalue weighted by Gasteiger charge is -2.35. The number of rotatable bonds is 8. The van der Waals surface area contributed by atoms with Gasteiger partial charge >= 0.3 is 5.97 Å². The third-order valence-electron chi connectivity index (χ3n) is 6.35. The molecule has 0 N–H and O–H groups in total. The highest BCUT2D eigenvalue weighted by molar-refractivity contribution is 5.87. The Morgan fingerprint density at radius 2 is 1.68 bits per heavy atom. The molecule has 2 heterocycles. The van der Waals surface area contributed by atoms with Gasteiger partial charge in [-0.15, -0.1) is 0 Å². The molecule has 6 nitrogen and oxygen atoms in total. The van der Waals surface area contributed by atoms with Crippen LogP contribution in [0.15, 0.2) is 83.6 Å². The van der Waals surface area contributed by atoms with Crippen molar-refractivity contribution < 1.29 is 18.7 Å². The Hall–Kier alpha value is -3.93. The molecule has 0 spiro atoms. The largest absolute Gasteiger partial charge is 0.487 e. The lowest BCUT2D eigenvalue weighted by Crippen LogP contribution is -2.30. The Bertz CT molecular complexity index is 1230. The van der Waals surface area contributed by atoms with E-state index >= 15 is 0 Å². The molecule has 1 unspecified atom stereocenters. The highest BCUT2D eigenvalue weighted by Crippen LogP contribution is 2.40. The van der Waals surface area contributed by atoms with Crippen LogP contribution < -0.4 is 4.74 Å². The van der Waals surface area contributed by atoms with Crippen LogP contribution >= 0.6 is 0 Å². The fourth-order valence-electron chi connectivity index (χ4n) is 3.94. The molecule has 34 heavy (non-hydrogen) atoms. The molecule has 2 aromatic heterocycles.